The van der Waals surface area contributed by atoms with E-state index in [-0.39, 0.29) is 11.4 Å². The lowest BCUT2D eigenvalue weighted by Crippen LogP contribution is -2.08. The monoisotopic (exact) mass is 297 g/mol. The summed E-state index contributed by atoms with van der Waals surface area (Å²) >= 11 is 0. The van der Waals surface area contributed by atoms with E-state index in [0.29, 0.717) is 18.1 Å². The third-order valence-electron chi connectivity index (χ3n) is 2.70. The van der Waals surface area contributed by atoms with Gasteiger partial charge in [-0.15, -0.1) is 0 Å². The molecule has 0 amide bonds. The highest BCUT2D eigenvalue weighted by Crippen LogP contribution is 2.36. The van der Waals surface area contributed by atoms with Crippen molar-refractivity contribution in [1.82, 2.24) is 0 Å². The minimum absolute atomic E-state index is 0.0701. The van der Waals surface area contributed by atoms with Crippen molar-refractivity contribution in [2.24, 2.45) is 0 Å². The van der Waals surface area contributed by atoms with Crippen LogP contribution in [0.3, 0.4) is 0 Å². The maximum atomic E-state index is 12.8. The molecular formula is C15H14F3NO2. The second-order valence-electron chi connectivity index (χ2n) is 4.25. The Morgan fingerprint density at radius 2 is 1.52 bits per heavy atom. The lowest BCUT2D eigenvalue weighted by molar-refractivity contribution is -0.137. The first-order chi connectivity index (χ1) is 9.90. The van der Waals surface area contributed by atoms with Gasteiger partial charge in [0.25, 0.3) is 0 Å². The van der Waals surface area contributed by atoms with E-state index in [1.165, 1.54) is 12.1 Å². The summed E-state index contributed by atoms with van der Waals surface area (Å²) in [6.45, 7) is 2.39. The Bertz CT molecular complexity index is 609. The minimum atomic E-state index is -4.51. The van der Waals surface area contributed by atoms with Gasteiger partial charge in [0.05, 0.1) is 12.2 Å². The van der Waals surface area contributed by atoms with Crippen LogP contribution in [0.4, 0.5) is 18.9 Å². The molecule has 0 spiro atoms. The number of hydrogen-bond acceptors (Lipinski definition) is 3. The van der Waals surface area contributed by atoms with Crippen LogP contribution in [0.5, 0.6) is 17.2 Å². The van der Waals surface area contributed by atoms with Crippen molar-refractivity contribution in [1.29, 1.82) is 0 Å². The van der Waals surface area contributed by atoms with Crippen molar-refractivity contribution < 1.29 is 22.6 Å². The molecule has 0 atom stereocenters. The molecule has 21 heavy (non-hydrogen) atoms. The van der Waals surface area contributed by atoms with E-state index in [1.54, 1.807) is 24.3 Å². The second kappa shape index (κ2) is 5.95. The van der Waals surface area contributed by atoms with Crippen molar-refractivity contribution in [3.63, 3.8) is 0 Å². The van der Waals surface area contributed by atoms with E-state index in [1.807, 2.05) is 6.92 Å². The normalized spacial score (nSPS) is 11.2. The van der Waals surface area contributed by atoms with Gasteiger partial charge < -0.3 is 15.2 Å². The van der Waals surface area contributed by atoms with Gasteiger partial charge in [-0.05, 0) is 49.4 Å². The van der Waals surface area contributed by atoms with Crippen LogP contribution in [0.1, 0.15) is 12.5 Å². The Morgan fingerprint density at radius 3 is 2.10 bits per heavy atom. The molecule has 0 bridgehead atoms. The largest absolute Gasteiger partial charge is 0.494 e. The number of rotatable bonds is 4. The molecular weight excluding hydrogens is 283 g/mol. The average molecular weight is 297 g/mol. The summed E-state index contributed by atoms with van der Waals surface area (Å²) in [5, 5.41) is 0. The van der Waals surface area contributed by atoms with E-state index < -0.39 is 11.7 Å². The molecule has 0 fully saturated rings. The number of alkyl halides is 3. The molecule has 0 unspecified atom stereocenters. The Labute approximate surface area is 120 Å². The Morgan fingerprint density at radius 1 is 0.952 bits per heavy atom. The molecule has 2 rings (SSSR count). The summed E-state index contributed by atoms with van der Waals surface area (Å²) < 4.78 is 48.9. The zero-order valence-electron chi connectivity index (χ0n) is 11.3. The second-order valence-corrected chi connectivity index (χ2v) is 4.25. The number of nitrogens with two attached hydrogens (primary N) is 1. The van der Waals surface area contributed by atoms with Crippen LogP contribution in [0, 0.1) is 0 Å². The zero-order chi connectivity index (χ0) is 15.5. The first-order valence-electron chi connectivity index (χ1n) is 6.27. The summed E-state index contributed by atoms with van der Waals surface area (Å²) in [7, 11) is 0. The fourth-order valence-corrected chi connectivity index (χ4v) is 1.75. The van der Waals surface area contributed by atoms with Gasteiger partial charge in [0.1, 0.15) is 17.2 Å². The van der Waals surface area contributed by atoms with Crippen LogP contribution in [0.2, 0.25) is 0 Å². The summed E-state index contributed by atoms with van der Waals surface area (Å²) in [5.74, 6) is 1.15. The number of halogens is 3. The fraction of sp³-hybridized carbons (Fsp3) is 0.200. The van der Waals surface area contributed by atoms with Gasteiger partial charge in [0, 0.05) is 5.69 Å². The first kappa shape index (κ1) is 15.0. The molecule has 0 saturated carbocycles. The number of nitrogen functional groups attached to an aromatic ring is 1. The maximum Gasteiger partial charge on any atom is 0.418 e. The minimum Gasteiger partial charge on any atom is -0.494 e. The lowest BCUT2D eigenvalue weighted by atomic mass is 10.1. The molecule has 2 aromatic rings. The van der Waals surface area contributed by atoms with Gasteiger partial charge in [-0.1, -0.05) is 0 Å². The van der Waals surface area contributed by atoms with E-state index in [4.69, 9.17) is 15.2 Å². The molecule has 3 nitrogen and oxygen atoms in total. The van der Waals surface area contributed by atoms with Crippen molar-refractivity contribution in [2.45, 2.75) is 13.1 Å². The summed E-state index contributed by atoms with van der Waals surface area (Å²) in [5.41, 5.74) is 4.09. The Hall–Kier alpha value is -2.37. The number of anilines is 1. The van der Waals surface area contributed by atoms with E-state index >= 15 is 0 Å². The van der Waals surface area contributed by atoms with Crippen LogP contribution < -0.4 is 15.2 Å². The molecule has 0 aliphatic rings. The zero-order valence-corrected chi connectivity index (χ0v) is 11.3. The predicted molar refractivity (Wildman–Crippen MR) is 73.5 cm³/mol. The Kier molecular flexibility index (Phi) is 4.26. The van der Waals surface area contributed by atoms with E-state index in [2.05, 4.69) is 0 Å². The molecule has 0 aromatic heterocycles. The highest BCUT2D eigenvalue weighted by atomic mass is 19.4. The Balaban J connectivity index is 2.20. The van der Waals surface area contributed by atoms with Crippen molar-refractivity contribution in [3.05, 3.63) is 48.0 Å². The number of benzene rings is 2. The molecule has 0 aliphatic carbocycles. The molecule has 0 radical (unpaired) electrons. The van der Waals surface area contributed by atoms with Gasteiger partial charge in [-0.2, -0.15) is 13.2 Å². The van der Waals surface area contributed by atoms with Crippen LogP contribution in [0.25, 0.3) is 0 Å². The fourth-order valence-electron chi connectivity index (χ4n) is 1.75. The molecule has 0 saturated heterocycles. The maximum absolute atomic E-state index is 12.8. The van der Waals surface area contributed by atoms with Gasteiger partial charge in [-0.25, -0.2) is 0 Å². The van der Waals surface area contributed by atoms with Crippen molar-refractivity contribution in [2.75, 3.05) is 12.3 Å². The first-order valence-corrected chi connectivity index (χ1v) is 6.27. The number of ether oxygens (including phenoxy) is 2. The highest BCUT2D eigenvalue weighted by Gasteiger charge is 2.33. The standard InChI is InChI=1S/C15H14F3NO2/c1-2-20-10-3-5-11(6-4-10)21-12-7-8-14(19)13(9-12)15(16,17)18/h3-9H,2,19H2,1H3. The smallest absolute Gasteiger partial charge is 0.418 e. The number of hydrogen-bond donors (Lipinski definition) is 1. The quantitative estimate of drug-likeness (QED) is 0.846. The SMILES string of the molecule is CCOc1ccc(Oc2ccc(N)c(C(F)(F)F)c2)cc1. The van der Waals surface area contributed by atoms with Gasteiger partial charge in [-0.3, -0.25) is 0 Å². The topological polar surface area (TPSA) is 44.5 Å². The predicted octanol–water partition coefficient (Wildman–Crippen LogP) is 4.48. The van der Waals surface area contributed by atoms with Crippen LogP contribution >= 0.6 is 0 Å². The average Bonchev–Trinajstić information content (AvgIpc) is 2.42. The van der Waals surface area contributed by atoms with Crippen LogP contribution in [-0.2, 0) is 6.18 Å². The summed E-state index contributed by atoms with van der Waals surface area (Å²) in [4.78, 5) is 0. The molecule has 0 aliphatic heterocycles. The third kappa shape index (κ3) is 3.81. The van der Waals surface area contributed by atoms with Gasteiger partial charge in [0.2, 0.25) is 0 Å². The van der Waals surface area contributed by atoms with Gasteiger partial charge in [0.15, 0.2) is 0 Å². The van der Waals surface area contributed by atoms with Crippen molar-refractivity contribution in [3.8, 4) is 17.2 Å². The molecule has 112 valence electrons. The van der Waals surface area contributed by atoms with Crippen LogP contribution in [-0.4, -0.2) is 6.61 Å². The van der Waals surface area contributed by atoms with Gasteiger partial charge >= 0.3 is 6.18 Å². The summed E-state index contributed by atoms with van der Waals surface area (Å²) in [6.07, 6.45) is -4.51. The molecule has 0 heterocycles. The van der Waals surface area contributed by atoms with E-state index in [9.17, 15) is 13.2 Å². The summed E-state index contributed by atoms with van der Waals surface area (Å²) in [6, 6.07) is 10.0. The lowest BCUT2D eigenvalue weighted by Gasteiger charge is -2.12. The van der Waals surface area contributed by atoms with Crippen LogP contribution in [0.15, 0.2) is 42.5 Å². The molecule has 6 heteroatoms. The van der Waals surface area contributed by atoms with E-state index in [0.717, 1.165) is 6.07 Å². The van der Waals surface area contributed by atoms with Crippen molar-refractivity contribution >= 4 is 5.69 Å². The third-order valence-corrected chi connectivity index (χ3v) is 2.70. The molecule has 2 aromatic carbocycles. The molecule has 2 N–H and O–H groups in total. The highest BCUT2D eigenvalue weighted by molar-refractivity contribution is 5.52.